The third-order valence-corrected chi connectivity index (χ3v) is 7.36. The zero-order valence-electron chi connectivity index (χ0n) is 20.7. The molecule has 1 aromatic heterocycles. The SMILES string of the molecule is CCCCCCN1CC(=O)N2C(Cc3c([nH]c4ccccc34)C2c2ccc(OC)cc2OC)C1=O. The number of ether oxygens (including phenoxy) is 2. The average molecular weight is 476 g/mol. The number of rotatable bonds is 8. The first-order chi connectivity index (χ1) is 17.1. The standard InChI is InChI=1S/C28H33N3O4/c1-4-5-6-9-14-30-17-25(32)31-23(28(30)33)16-21-19-10-7-8-11-22(19)29-26(21)27(31)20-13-12-18(34-2)15-24(20)35-3/h7-8,10-13,15,23,27,29H,4-6,9,14,16-17H2,1-3H3. The lowest BCUT2D eigenvalue weighted by Crippen LogP contribution is -2.63. The Balaban J connectivity index is 1.60. The van der Waals surface area contributed by atoms with E-state index in [2.05, 4.69) is 18.0 Å². The van der Waals surface area contributed by atoms with Gasteiger partial charge >= 0.3 is 0 Å². The van der Waals surface area contributed by atoms with Crippen LogP contribution in [0.15, 0.2) is 42.5 Å². The van der Waals surface area contributed by atoms with E-state index in [1.165, 1.54) is 0 Å². The van der Waals surface area contributed by atoms with E-state index in [1.54, 1.807) is 24.0 Å². The minimum atomic E-state index is -0.536. The van der Waals surface area contributed by atoms with Gasteiger partial charge < -0.3 is 24.3 Å². The van der Waals surface area contributed by atoms with Crippen molar-refractivity contribution in [3.05, 3.63) is 59.3 Å². The highest BCUT2D eigenvalue weighted by atomic mass is 16.5. The maximum Gasteiger partial charge on any atom is 0.246 e. The molecule has 7 nitrogen and oxygen atoms in total. The number of H-pyrrole nitrogens is 1. The number of fused-ring (bicyclic) bond motifs is 4. The second-order valence-electron chi connectivity index (χ2n) is 9.41. The third-order valence-electron chi connectivity index (χ3n) is 7.36. The molecule has 2 amide bonds. The van der Waals surface area contributed by atoms with Crippen LogP contribution >= 0.6 is 0 Å². The molecule has 5 rings (SSSR count). The second-order valence-corrected chi connectivity index (χ2v) is 9.41. The zero-order chi connectivity index (χ0) is 24.5. The van der Waals surface area contributed by atoms with Crippen LogP contribution in [0.2, 0.25) is 0 Å². The Labute approximate surface area is 206 Å². The van der Waals surface area contributed by atoms with Gasteiger partial charge in [-0.3, -0.25) is 9.59 Å². The van der Waals surface area contributed by atoms with Gasteiger partial charge in [-0.15, -0.1) is 0 Å². The summed E-state index contributed by atoms with van der Waals surface area (Å²) < 4.78 is 11.1. The summed E-state index contributed by atoms with van der Waals surface area (Å²) in [5.74, 6) is 1.31. The maximum absolute atomic E-state index is 13.7. The first-order valence-electron chi connectivity index (χ1n) is 12.5. The molecule has 1 N–H and O–H groups in total. The summed E-state index contributed by atoms with van der Waals surface area (Å²) >= 11 is 0. The van der Waals surface area contributed by atoms with Crippen LogP contribution in [0.5, 0.6) is 11.5 Å². The van der Waals surface area contributed by atoms with Gasteiger partial charge in [-0.1, -0.05) is 44.4 Å². The molecule has 2 atom stereocenters. The van der Waals surface area contributed by atoms with Gasteiger partial charge in [0, 0.05) is 41.2 Å². The van der Waals surface area contributed by atoms with Crippen LogP contribution < -0.4 is 9.47 Å². The molecule has 2 aromatic carbocycles. The molecule has 35 heavy (non-hydrogen) atoms. The monoisotopic (exact) mass is 475 g/mol. The van der Waals surface area contributed by atoms with Gasteiger partial charge in [0.05, 0.1) is 20.8 Å². The smallest absolute Gasteiger partial charge is 0.246 e. The number of hydrogen-bond acceptors (Lipinski definition) is 4. The Morgan fingerprint density at radius 1 is 1.03 bits per heavy atom. The number of piperazine rings is 1. The van der Waals surface area contributed by atoms with Crippen molar-refractivity contribution in [1.29, 1.82) is 0 Å². The van der Waals surface area contributed by atoms with E-state index >= 15 is 0 Å². The normalized spacial score (nSPS) is 19.6. The number of para-hydroxylation sites is 1. The molecular formula is C28H33N3O4. The predicted molar refractivity (Wildman–Crippen MR) is 135 cm³/mol. The molecule has 3 heterocycles. The largest absolute Gasteiger partial charge is 0.497 e. The van der Waals surface area contributed by atoms with Crippen LogP contribution in [-0.2, 0) is 16.0 Å². The number of nitrogens with zero attached hydrogens (tertiary/aromatic N) is 2. The van der Waals surface area contributed by atoms with E-state index in [1.807, 2.05) is 36.4 Å². The summed E-state index contributed by atoms with van der Waals surface area (Å²) in [7, 11) is 3.23. The lowest BCUT2D eigenvalue weighted by atomic mass is 9.85. The van der Waals surface area contributed by atoms with Crippen molar-refractivity contribution in [2.24, 2.45) is 0 Å². The van der Waals surface area contributed by atoms with Crippen LogP contribution in [0.25, 0.3) is 10.9 Å². The van der Waals surface area contributed by atoms with Gasteiger partial charge in [0.1, 0.15) is 23.6 Å². The molecule has 0 radical (unpaired) electrons. The molecule has 3 aromatic rings. The van der Waals surface area contributed by atoms with E-state index < -0.39 is 12.1 Å². The highest BCUT2D eigenvalue weighted by molar-refractivity contribution is 5.97. The Hall–Kier alpha value is -3.48. The van der Waals surface area contributed by atoms with Crippen LogP contribution in [0.3, 0.4) is 0 Å². The number of carbonyl (C=O) groups excluding carboxylic acids is 2. The van der Waals surface area contributed by atoms with Crippen LogP contribution in [0.1, 0.15) is 55.5 Å². The summed E-state index contributed by atoms with van der Waals surface area (Å²) in [6, 6.07) is 12.8. The van der Waals surface area contributed by atoms with Crippen LogP contribution in [-0.4, -0.2) is 59.9 Å². The molecule has 184 valence electrons. The zero-order valence-corrected chi connectivity index (χ0v) is 20.7. The predicted octanol–water partition coefficient (Wildman–Crippen LogP) is 4.45. The summed E-state index contributed by atoms with van der Waals surface area (Å²) in [6.45, 7) is 2.92. The Kier molecular flexibility index (Phi) is 6.41. The molecule has 7 heteroatoms. The fourth-order valence-corrected chi connectivity index (χ4v) is 5.61. The number of benzene rings is 2. The molecule has 2 unspecified atom stereocenters. The average Bonchev–Trinajstić information content (AvgIpc) is 3.26. The summed E-state index contributed by atoms with van der Waals surface area (Å²) in [4.78, 5) is 34.5. The number of nitrogens with one attached hydrogen (secondary N) is 1. The first kappa shape index (κ1) is 23.3. The molecule has 0 saturated carbocycles. The van der Waals surface area contributed by atoms with E-state index in [9.17, 15) is 9.59 Å². The van der Waals surface area contributed by atoms with Gasteiger partial charge in [0.2, 0.25) is 11.8 Å². The Morgan fingerprint density at radius 2 is 1.86 bits per heavy atom. The fourth-order valence-electron chi connectivity index (χ4n) is 5.61. The van der Waals surface area contributed by atoms with E-state index in [0.29, 0.717) is 24.5 Å². The molecule has 2 aliphatic heterocycles. The highest BCUT2D eigenvalue weighted by Gasteiger charge is 2.48. The number of unbranched alkanes of at least 4 members (excludes halogenated alkanes) is 3. The van der Waals surface area contributed by atoms with Crippen LogP contribution in [0.4, 0.5) is 0 Å². The molecule has 2 aliphatic rings. The fraction of sp³-hybridized carbons (Fsp3) is 0.429. The molecule has 0 aliphatic carbocycles. The summed E-state index contributed by atoms with van der Waals surface area (Å²) in [5.41, 5.74) is 3.89. The minimum Gasteiger partial charge on any atom is -0.497 e. The van der Waals surface area contributed by atoms with Crippen molar-refractivity contribution in [3.8, 4) is 11.5 Å². The maximum atomic E-state index is 13.7. The Morgan fingerprint density at radius 3 is 2.63 bits per heavy atom. The highest BCUT2D eigenvalue weighted by Crippen LogP contribution is 2.45. The second kappa shape index (κ2) is 9.64. The van der Waals surface area contributed by atoms with Crippen molar-refractivity contribution < 1.29 is 19.1 Å². The van der Waals surface area contributed by atoms with E-state index in [0.717, 1.165) is 53.4 Å². The number of methoxy groups -OCH3 is 2. The summed E-state index contributed by atoms with van der Waals surface area (Å²) in [5, 5.41) is 1.10. The Bertz CT molecular complexity index is 1250. The van der Waals surface area contributed by atoms with Gasteiger partial charge in [-0.05, 0) is 30.2 Å². The van der Waals surface area contributed by atoms with E-state index in [-0.39, 0.29) is 18.4 Å². The third kappa shape index (κ3) is 4.03. The number of hydrogen-bond donors (Lipinski definition) is 1. The lowest BCUT2D eigenvalue weighted by molar-refractivity contribution is -0.158. The molecule has 1 saturated heterocycles. The lowest BCUT2D eigenvalue weighted by Gasteiger charge is -2.47. The number of amides is 2. The van der Waals surface area contributed by atoms with Gasteiger partial charge in [-0.25, -0.2) is 0 Å². The number of aromatic nitrogens is 1. The minimum absolute atomic E-state index is 0.0303. The first-order valence-corrected chi connectivity index (χ1v) is 12.5. The van der Waals surface area contributed by atoms with Gasteiger partial charge in [0.15, 0.2) is 0 Å². The quantitative estimate of drug-likeness (QED) is 0.489. The van der Waals surface area contributed by atoms with Crippen molar-refractivity contribution in [1.82, 2.24) is 14.8 Å². The van der Waals surface area contributed by atoms with Crippen LogP contribution in [0, 0.1) is 0 Å². The molecule has 1 fully saturated rings. The molecule has 0 bridgehead atoms. The topological polar surface area (TPSA) is 74.9 Å². The number of aromatic amines is 1. The van der Waals surface area contributed by atoms with Crippen molar-refractivity contribution in [3.63, 3.8) is 0 Å². The van der Waals surface area contributed by atoms with Crippen molar-refractivity contribution >= 4 is 22.7 Å². The molecule has 0 spiro atoms. The van der Waals surface area contributed by atoms with E-state index in [4.69, 9.17) is 9.47 Å². The van der Waals surface area contributed by atoms with Gasteiger partial charge in [-0.2, -0.15) is 0 Å². The van der Waals surface area contributed by atoms with Crippen molar-refractivity contribution in [2.75, 3.05) is 27.3 Å². The van der Waals surface area contributed by atoms with Gasteiger partial charge in [0.25, 0.3) is 0 Å². The molecular weight excluding hydrogens is 442 g/mol. The number of carbonyl (C=O) groups is 2. The van der Waals surface area contributed by atoms with Crippen molar-refractivity contribution in [2.45, 2.75) is 51.1 Å². The summed E-state index contributed by atoms with van der Waals surface area (Å²) in [6.07, 6.45) is 4.78.